The van der Waals surface area contributed by atoms with Crippen molar-refractivity contribution in [2.24, 2.45) is 5.73 Å². The summed E-state index contributed by atoms with van der Waals surface area (Å²) in [6.07, 6.45) is 0. The number of thiophene rings is 1. The lowest BCUT2D eigenvalue weighted by Gasteiger charge is -2.07. The zero-order valence-electron chi connectivity index (χ0n) is 10.1. The van der Waals surface area contributed by atoms with E-state index in [1.807, 2.05) is 36.6 Å². The molecule has 0 saturated carbocycles. The number of hydrogen-bond acceptors (Lipinski definition) is 3. The minimum Gasteiger partial charge on any atom is -0.459 e. The van der Waals surface area contributed by atoms with E-state index in [4.69, 9.17) is 21.8 Å². The minimum absolute atomic E-state index is 0.282. The second-order valence-corrected chi connectivity index (χ2v) is 6.85. The van der Waals surface area contributed by atoms with Crippen LogP contribution in [-0.2, 0) is 0 Å². The smallest absolute Gasteiger partial charge is 0.134 e. The van der Waals surface area contributed by atoms with Gasteiger partial charge in [0.2, 0.25) is 0 Å². The molecule has 0 spiro atoms. The van der Waals surface area contributed by atoms with Crippen molar-refractivity contribution in [3.05, 3.63) is 55.3 Å². The number of benzene rings is 1. The third-order valence-electron chi connectivity index (χ3n) is 3.16. The van der Waals surface area contributed by atoms with Gasteiger partial charge in [0.25, 0.3) is 0 Å². The third-order valence-corrected chi connectivity index (χ3v) is 4.77. The van der Waals surface area contributed by atoms with Crippen LogP contribution in [-0.4, -0.2) is 0 Å². The Bertz CT molecular complexity index is 749. The van der Waals surface area contributed by atoms with Gasteiger partial charge >= 0.3 is 0 Å². The van der Waals surface area contributed by atoms with Gasteiger partial charge in [0, 0.05) is 15.4 Å². The first-order valence-corrected chi connectivity index (χ1v) is 7.79. The molecule has 1 atom stereocenters. The number of nitrogens with two attached hydrogens (primary N) is 1. The Kier molecular flexibility index (Phi) is 3.43. The van der Waals surface area contributed by atoms with Crippen LogP contribution in [0.2, 0.25) is 4.34 Å². The maximum atomic E-state index is 6.27. The van der Waals surface area contributed by atoms with Crippen LogP contribution in [0.4, 0.5) is 0 Å². The molecule has 0 amide bonds. The van der Waals surface area contributed by atoms with Crippen LogP contribution in [0.15, 0.2) is 38.5 Å². The molecule has 2 N–H and O–H groups in total. The zero-order chi connectivity index (χ0) is 13.6. The van der Waals surface area contributed by atoms with Gasteiger partial charge in [-0.05, 0) is 42.1 Å². The summed E-state index contributed by atoms with van der Waals surface area (Å²) in [6.45, 7) is 2.03. The fourth-order valence-electron chi connectivity index (χ4n) is 2.15. The Labute approximate surface area is 128 Å². The molecule has 0 bridgehead atoms. The van der Waals surface area contributed by atoms with Crippen LogP contribution in [0.25, 0.3) is 11.0 Å². The Morgan fingerprint density at radius 3 is 2.84 bits per heavy atom. The van der Waals surface area contributed by atoms with Crippen LogP contribution in [0.5, 0.6) is 0 Å². The van der Waals surface area contributed by atoms with Crippen molar-refractivity contribution in [2.45, 2.75) is 13.0 Å². The molecule has 0 radical (unpaired) electrons. The summed E-state index contributed by atoms with van der Waals surface area (Å²) >= 11 is 10.9. The van der Waals surface area contributed by atoms with Crippen LogP contribution in [0, 0.1) is 6.92 Å². The van der Waals surface area contributed by atoms with Gasteiger partial charge in [0.05, 0.1) is 10.4 Å². The third kappa shape index (κ3) is 2.34. The lowest BCUT2D eigenvalue weighted by Crippen LogP contribution is -2.10. The largest absolute Gasteiger partial charge is 0.459 e. The van der Waals surface area contributed by atoms with E-state index < -0.39 is 0 Å². The molecule has 2 aromatic heterocycles. The van der Waals surface area contributed by atoms with Gasteiger partial charge in [-0.2, -0.15) is 0 Å². The predicted molar refractivity (Wildman–Crippen MR) is 84.0 cm³/mol. The van der Waals surface area contributed by atoms with Crippen LogP contribution < -0.4 is 5.73 Å². The molecule has 3 rings (SSSR count). The number of hydrogen-bond donors (Lipinski definition) is 1. The molecule has 0 aliphatic carbocycles. The highest BCUT2D eigenvalue weighted by Crippen LogP contribution is 2.34. The maximum absolute atomic E-state index is 6.27. The molecule has 5 heteroatoms. The monoisotopic (exact) mass is 355 g/mol. The standard InChI is InChI=1S/C14H11BrClNOS/c1-7-10-5-9(15)2-3-11(10)18-14(7)13(17)8-4-12(16)19-6-8/h2-6,13H,17H2,1H3. The molecular weight excluding hydrogens is 346 g/mol. The van der Waals surface area contributed by atoms with E-state index in [-0.39, 0.29) is 6.04 Å². The first-order valence-electron chi connectivity index (χ1n) is 5.74. The number of furan rings is 1. The highest BCUT2D eigenvalue weighted by Gasteiger charge is 2.19. The summed E-state index contributed by atoms with van der Waals surface area (Å²) in [5.74, 6) is 0.794. The van der Waals surface area contributed by atoms with Gasteiger partial charge in [-0.15, -0.1) is 11.3 Å². The van der Waals surface area contributed by atoms with Crippen molar-refractivity contribution in [1.82, 2.24) is 0 Å². The fraction of sp³-hybridized carbons (Fsp3) is 0.143. The fourth-order valence-corrected chi connectivity index (χ4v) is 3.43. The Morgan fingerprint density at radius 2 is 2.16 bits per heavy atom. The summed E-state index contributed by atoms with van der Waals surface area (Å²) < 4.78 is 7.66. The second-order valence-electron chi connectivity index (χ2n) is 4.39. The molecule has 0 aliphatic heterocycles. The van der Waals surface area contributed by atoms with Crippen molar-refractivity contribution in [1.29, 1.82) is 0 Å². The lowest BCUT2D eigenvalue weighted by atomic mass is 10.0. The summed E-state index contributed by atoms with van der Waals surface area (Å²) in [5.41, 5.74) is 9.19. The van der Waals surface area contributed by atoms with Gasteiger partial charge in [0.1, 0.15) is 11.3 Å². The molecular formula is C14H11BrClNOS. The number of halogens is 2. The Hall–Kier alpha value is -0.810. The van der Waals surface area contributed by atoms with Crippen LogP contribution in [0.1, 0.15) is 22.9 Å². The lowest BCUT2D eigenvalue weighted by molar-refractivity contribution is 0.521. The number of fused-ring (bicyclic) bond motifs is 1. The van der Waals surface area contributed by atoms with Crippen LogP contribution in [0.3, 0.4) is 0 Å². The van der Waals surface area contributed by atoms with Gasteiger partial charge in [0.15, 0.2) is 0 Å². The van der Waals surface area contributed by atoms with Crippen molar-refractivity contribution in [2.75, 3.05) is 0 Å². The number of rotatable bonds is 2. The average molecular weight is 357 g/mol. The van der Waals surface area contributed by atoms with E-state index in [9.17, 15) is 0 Å². The van der Waals surface area contributed by atoms with Crippen molar-refractivity contribution in [3.63, 3.8) is 0 Å². The summed E-state index contributed by atoms with van der Waals surface area (Å²) in [5, 5.41) is 3.05. The van der Waals surface area contributed by atoms with Crippen molar-refractivity contribution >= 4 is 49.8 Å². The van der Waals surface area contributed by atoms with E-state index >= 15 is 0 Å². The van der Waals surface area contributed by atoms with E-state index in [2.05, 4.69) is 15.9 Å². The van der Waals surface area contributed by atoms with Gasteiger partial charge in [-0.3, -0.25) is 0 Å². The molecule has 19 heavy (non-hydrogen) atoms. The summed E-state index contributed by atoms with van der Waals surface area (Å²) in [6, 6.07) is 7.56. The molecule has 0 aliphatic rings. The summed E-state index contributed by atoms with van der Waals surface area (Å²) in [4.78, 5) is 0. The predicted octanol–water partition coefficient (Wildman–Crippen LogP) is 5.27. The quantitative estimate of drug-likeness (QED) is 0.679. The molecule has 0 fully saturated rings. The van der Waals surface area contributed by atoms with E-state index in [1.165, 1.54) is 11.3 Å². The Morgan fingerprint density at radius 1 is 1.37 bits per heavy atom. The average Bonchev–Trinajstić information content (AvgIpc) is 2.94. The first-order chi connectivity index (χ1) is 9.06. The second kappa shape index (κ2) is 4.94. The highest BCUT2D eigenvalue weighted by molar-refractivity contribution is 9.10. The topological polar surface area (TPSA) is 39.2 Å². The summed E-state index contributed by atoms with van der Waals surface area (Å²) in [7, 11) is 0. The Balaban J connectivity index is 2.12. The molecule has 1 aromatic carbocycles. The van der Waals surface area contributed by atoms with Crippen molar-refractivity contribution < 1.29 is 4.42 Å². The number of aryl methyl sites for hydroxylation is 1. The zero-order valence-corrected chi connectivity index (χ0v) is 13.3. The SMILES string of the molecule is Cc1c(C(N)c2csc(Cl)c2)oc2ccc(Br)cc12. The molecule has 3 aromatic rings. The maximum Gasteiger partial charge on any atom is 0.134 e. The first kappa shape index (κ1) is 13.2. The van der Waals surface area contributed by atoms with E-state index in [1.54, 1.807) is 0 Å². The van der Waals surface area contributed by atoms with E-state index in [0.29, 0.717) is 0 Å². The molecule has 2 heterocycles. The normalized spacial score (nSPS) is 13.1. The molecule has 0 saturated heterocycles. The molecule has 1 unspecified atom stereocenters. The van der Waals surface area contributed by atoms with Gasteiger partial charge in [-0.1, -0.05) is 27.5 Å². The van der Waals surface area contributed by atoms with Crippen molar-refractivity contribution in [3.8, 4) is 0 Å². The van der Waals surface area contributed by atoms with E-state index in [0.717, 1.165) is 36.7 Å². The molecule has 98 valence electrons. The molecule has 2 nitrogen and oxygen atoms in total. The highest BCUT2D eigenvalue weighted by atomic mass is 79.9. The van der Waals surface area contributed by atoms with Gasteiger partial charge < -0.3 is 10.2 Å². The minimum atomic E-state index is -0.282. The van der Waals surface area contributed by atoms with Crippen LogP contribution >= 0.6 is 38.9 Å². The van der Waals surface area contributed by atoms with Gasteiger partial charge in [-0.25, -0.2) is 0 Å².